The molecule has 2 aromatic rings. The summed E-state index contributed by atoms with van der Waals surface area (Å²) in [5.41, 5.74) is 7.05. The minimum Gasteiger partial charge on any atom is -0.496 e. The van der Waals surface area contributed by atoms with E-state index in [0.29, 0.717) is 40.5 Å². The van der Waals surface area contributed by atoms with Crippen molar-refractivity contribution in [1.82, 2.24) is 5.32 Å². The highest BCUT2D eigenvalue weighted by Crippen LogP contribution is 2.47. The normalized spacial score (nSPS) is 18.3. The molecular formula is C21H20F3N3O3. The number of halogens is 3. The summed E-state index contributed by atoms with van der Waals surface area (Å²) >= 11 is 0. The summed E-state index contributed by atoms with van der Waals surface area (Å²) in [6.45, 7) is 0.254. The summed E-state index contributed by atoms with van der Waals surface area (Å²) in [5, 5.41) is 3.01. The zero-order valence-corrected chi connectivity index (χ0v) is 16.3. The second-order valence-electron chi connectivity index (χ2n) is 6.83. The number of fused-ring (bicyclic) bond motifs is 2. The van der Waals surface area contributed by atoms with Gasteiger partial charge in [0.05, 0.1) is 37.7 Å². The van der Waals surface area contributed by atoms with E-state index in [9.17, 15) is 13.2 Å². The first-order chi connectivity index (χ1) is 14.3. The number of benzene rings is 2. The van der Waals surface area contributed by atoms with E-state index in [1.807, 2.05) is 0 Å². The van der Waals surface area contributed by atoms with Crippen LogP contribution in [0.4, 0.5) is 13.2 Å². The number of methoxy groups -OCH3 is 2. The number of alkyl halides is 3. The van der Waals surface area contributed by atoms with E-state index in [0.717, 1.165) is 6.07 Å². The molecule has 3 N–H and O–H groups in total. The van der Waals surface area contributed by atoms with Crippen LogP contribution in [-0.2, 0) is 6.18 Å². The molecule has 0 amide bonds. The summed E-state index contributed by atoms with van der Waals surface area (Å²) < 4.78 is 57.7. The van der Waals surface area contributed by atoms with Crippen LogP contribution in [0, 0.1) is 0 Å². The predicted molar refractivity (Wildman–Crippen MR) is 106 cm³/mol. The summed E-state index contributed by atoms with van der Waals surface area (Å²) in [7, 11) is 3.02. The summed E-state index contributed by atoms with van der Waals surface area (Å²) in [5.74, 6) is 1.48. The van der Waals surface area contributed by atoms with Crippen LogP contribution >= 0.6 is 0 Å². The number of rotatable bonds is 3. The molecule has 0 aliphatic carbocycles. The van der Waals surface area contributed by atoms with E-state index >= 15 is 0 Å². The van der Waals surface area contributed by atoms with Gasteiger partial charge >= 0.3 is 6.18 Å². The molecule has 0 saturated carbocycles. The van der Waals surface area contributed by atoms with Gasteiger partial charge in [-0.3, -0.25) is 0 Å². The molecule has 0 spiro atoms. The minimum absolute atomic E-state index is 0.0152. The zero-order chi connectivity index (χ0) is 21.5. The van der Waals surface area contributed by atoms with Gasteiger partial charge in [-0.25, -0.2) is 4.99 Å². The molecule has 1 atom stereocenters. The monoisotopic (exact) mass is 419 g/mol. The fraction of sp³-hybridized carbons (Fsp3) is 0.286. The van der Waals surface area contributed by atoms with Crippen molar-refractivity contribution in [2.45, 2.75) is 18.6 Å². The largest absolute Gasteiger partial charge is 0.496 e. The zero-order valence-electron chi connectivity index (χ0n) is 16.3. The molecular weight excluding hydrogens is 399 g/mol. The Balaban J connectivity index is 1.94. The van der Waals surface area contributed by atoms with E-state index in [-0.39, 0.29) is 18.1 Å². The first-order valence-electron chi connectivity index (χ1n) is 9.22. The average Bonchev–Trinajstić information content (AvgIpc) is 2.91. The fourth-order valence-electron chi connectivity index (χ4n) is 3.81. The maximum atomic E-state index is 13.7. The Hall–Kier alpha value is -3.36. The number of nitrogens with zero attached hydrogens (tertiary/aromatic N) is 1. The van der Waals surface area contributed by atoms with Crippen molar-refractivity contribution in [3.05, 3.63) is 58.7 Å². The van der Waals surface area contributed by atoms with Crippen molar-refractivity contribution in [2.24, 2.45) is 10.7 Å². The van der Waals surface area contributed by atoms with E-state index < -0.39 is 17.8 Å². The molecule has 2 aliphatic heterocycles. The molecule has 2 heterocycles. The maximum absolute atomic E-state index is 13.7. The average molecular weight is 419 g/mol. The van der Waals surface area contributed by atoms with E-state index in [2.05, 4.69) is 10.3 Å². The van der Waals surface area contributed by atoms with Crippen molar-refractivity contribution in [3.63, 3.8) is 0 Å². The molecule has 2 aliphatic rings. The topological polar surface area (TPSA) is 78.1 Å². The van der Waals surface area contributed by atoms with Crippen molar-refractivity contribution < 1.29 is 27.4 Å². The quantitative estimate of drug-likeness (QED) is 0.790. The summed E-state index contributed by atoms with van der Waals surface area (Å²) in [4.78, 5) is 4.32. The van der Waals surface area contributed by atoms with Crippen LogP contribution in [0.15, 0.2) is 47.0 Å². The van der Waals surface area contributed by atoms with Gasteiger partial charge in [0.25, 0.3) is 0 Å². The number of nitrogens with one attached hydrogen (secondary N) is 1. The molecule has 6 nitrogen and oxygen atoms in total. The van der Waals surface area contributed by atoms with E-state index in [1.165, 1.54) is 26.4 Å². The summed E-state index contributed by atoms with van der Waals surface area (Å²) in [6.07, 6.45) is -4.16. The number of aliphatic imine (C=N–C) groups is 1. The number of guanidine groups is 1. The molecule has 0 saturated heterocycles. The predicted octanol–water partition coefficient (Wildman–Crippen LogP) is 3.88. The molecule has 9 heteroatoms. The molecule has 2 aromatic carbocycles. The second kappa shape index (κ2) is 7.47. The van der Waals surface area contributed by atoms with Gasteiger partial charge in [-0.15, -0.1) is 0 Å². The van der Waals surface area contributed by atoms with Gasteiger partial charge in [-0.1, -0.05) is 18.2 Å². The van der Waals surface area contributed by atoms with E-state index in [1.54, 1.807) is 18.2 Å². The van der Waals surface area contributed by atoms with Crippen molar-refractivity contribution in [3.8, 4) is 17.2 Å². The summed E-state index contributed by atoms with van der Waals surface area (Å²) in [6, 6.07) is 7.88. The van der Waals surface area contributed by atoms with Crippen LogP contribution < -0.4 is 25.3 Å². The fourth-order valence-corrected chi connectivity index (χ4v) is 3.81. The van der Waals surface area contributed by atoms with E-state index in [4.69, 9.17) is 19.9 Å². The number of ether oxygens (including phenoxy) is 3. The van der Waals surface area contributed by atoms with Crippen LogP contribution in [0.5, 0.6) is 17.2 Å². The van der Waals surface area contributed by atoms with Gasteiger partial charge < -0.3 is 25.3 Å². The lowest BCUT2D eigenvalue weighted by Crippen LogP contribution is -2.36. The van der Waals surface area contributed by atoms with Gasteiger partial charge in [0, 0.05) is 18.6 Å². The number of hydrogen-bond donors (Lipinski definition) is 2. The van der Waals surface area contributed by atoms with Gasteiger partial charge in [0.2, 0.25) is 0 Å². The number of hydrogen-bond acceptors (Lipinski definition) is 6. The van der Waals surface area contributed by atoms with Crippen molar-refractivity contribution >= 4 is 11.7 Å². The highest BCUT2D eigenvalue weighted by atomic mass is 19.4. The lowest BCUT2D eigenvalue weighted by molar-refractivity contribution is -0.138. The standard InChI is InChI=1S/C21H20F3N3O3/c1-28-11-9-15(29-2)17-16(10-11)30-8-7-13-18(26-20(25)27-19(13)17)12-5-3-4-6-14(12)21(22,23)24/h3-6,9-10,18H,7-8H2,1-2H3,(H3,25,26,27). The van der Waals surface area contributed by atoms with Crippen molar-refractivity contribution in [1.29, 1.82) is 0 Å². The first kappa shape index (κ1) is 19.9. The third-order valence-corrected chi connectivity index (χ3v) is 5.11. The molecule has 0 fully saturated rings. The highest BCUT2D eigenvalue weighted by molar-refractivity contribution is 5.94. The smallest absolute Gasteiger partial charge is 0.416 e. The third kappa shape index (κ3) is 3.40. The Kier molecular flexibility index (Phi) is 4.97. The molecule has 158 valence electrons. The molecule has 1 unspecified atom stereocenters. The Morgan fingerprint density at radius 1 is 1.17 bits per heavy atom. The second-order valence-corrected chi connectivity index (χ2v) is 6.83. The van der Waals surface area contributed by atoms with Crippen LogP contribution in [0.25, 0.3) is 5.70 Å². The van der Waals surface area contributed by atoms with Gasteiger partial charge in [-0.05, 0) is 17.2 Å². The van der Waals surface area contributed by atoms with Crippen LogP contribution in [0.1, 0.15) is 29.2 Å². The molecule has 30 heavy (non-hydrogen) atoms. The van der Waals surface area contributed by atoms with Crippen LogP contribution in [0.2, 0.25) is 0 Å². The van der Waals surface area contributed by atoms with Gasteiger partial charge in [0.15, 0.2) is 5.96 Å². The van der Waals surface area contributed by atoms with Crippen molar-refractivity contribution in [2.75, 3.05) is 20.8 Å². The molecule has 4 rings (SSSR count). The van der Waals surface area contributed by atoms with Crippen LogP contribution in [0.3, 0.4) is 0 Å². The Morgan fingerprint density at radius 3 is 2.63 bits per heavy atom. The minimum atomic E-state index is -4.52. The molecule has 0 aromatic heterocycles. The Bertz CT molecular complexity index is 1050. The molecule has 0 radical (unpaired) electrons. The van der Waals surface area contributed by atoms with Gasteiger partial charge in [-0.2, -0.15) is 13.2 Å². The Morgan fingerprint density at radius 2 is 1.93 bits per heavy atom. The first-order valence-corrected chi connectivity index (χ1v) is 9.22. The lowest BCUT2D eigenvalue weighted by Gasteiger charge is -2.28. The highest BCUT2D eigenvalue weighted by Gasteiger charge is 2.38. The SMILES string of the molecule is COc1cc(OC)c2c(c1)OCCC1=C2NC(N)=NC1c1ccccc1C(F)(F)F. The van der Waals surface area contributed by atoms with Crippen LogP contribution in [-0.4, -0.2) is 26.8 Å². The van der Waals surface area contributed by atoms with Gasteiger partial charge in [0.1, 0.15) is 23.3 Å². The lowest BCUT2D eigenvalue weighted by atomic mass is 9.89. The maximum Gasteiger partial charge on any atom is 0.416 e. The molecule has 0 bridgehead atoms. The third-order valence-electron chi connectivity index (χ3n) is 5.11. The number of nitrogens with two attached hydrogens (primary N) is 1. The Labute approximate surface area is 171 Å².